The summed E-state index contributed by atoms with van der Waals surface area (Å²) in [6.07, 6.45) is 9.81. The Balaban J connectivity index is 2.35. The maximum absolute atomic E-state index is 5.90. The van der Waals surface area contributed by atoms with Gasteiger partial charge < -0.3 is 5.73 Å². The van der Waals surface area contributed by atoms with Gasteiger partial charge in [-0.05, 0) is 24.8 Å². The van der Waals surface area contributed by atoms with E-state index >= 15 is 0 Å². The van der Waals surface area contributed by atoms with E-state index in [0.29, 0.717) is 0 Å². The lowest BCUT2D eigenvalue weighted by Crippen LogP contribution is -2.21. The molecule has 0 aliphatic carbocycles. The molecule has 1 unspecified atom stereocenters. The Hall–Kier alpha value is -0.830. The van der Waals surface area contributed by atoms with Gasteiger partial charge in [0.1, 0.15) is 0 Å². The van der Waals surface area contributed by atoms with E-state index in [1.165, 1.54) is 24.8 Å². The summed E-state index contributed by atoms with van der Waals surface area (Å²) in [6.45, 7) is 5.38. The van der Waals surface area contributed by atoms with Gasteiger partial charge in [0, 0.05) is 18.8 Å². The maximum atomic E-state index is 5.90. The molecule has 15 heavy (non-hydrogen) atoms. The van der Waals surface area contributed by atoms with Crippen molar-refractivity contribution in [3.8, 4) is 0 Å². The molecule has 0 fully saturated rings. The zero-order valence-corrected chi connectivity index (χ0v) is 9.95. The molecule has 1 aromatic rings. The summed E-state index contributed by atoms with van der Waals surface area (Å²) in [5.74, 6) is 0. The molecular formula is C12H23N3. The third-order valence-electron chi connectivity index (χ3n) is 2.70. The number of rotatable bonds is 7. The van der Waals surface area contributed by atoms with Crippen LogP contribution in [0.25, 0.3) is 0 Å². The zero-order valence-electron chi connectivity index (χ0n) is 9.95. The summed E-state index contributed by atoms with van der Waals surface area (Å²) in [4.78, 5) is 0. The van der Waals surface area contributed by atoms with Gasteiger partial charge in [0.05, 0.1) is 6.20 Å². The third kappa shape index (κ3) is 4.47. The lowest BCUT2D eigenvalue weighted by atomic mass is 10.1. The lowest BCUT2D eigenvalue weighted by molar-refractivity contribution is 0.552. The summed E-state index contributed by atoms with van der Waals surface area (Å²) in [6, 6.07) is 0.276. The molecule has 0 saturated carbocycles. The number of nitrogens with two attached hydrogens (primary N) is 1. The smallest absolute Gasteiger partial charge is 0.0522 e. The van der Waals surface area contributed by atoms with Crippen molar-refractivity contribution in [2.24, 2.45) is 5.73 Å². The molecule has 2 N–H and O–H groups in total. The standard InChI is InChI=1S/C12H23N3/c1-3-5-6-7-15-10-11(9-14-15)8-12(13)4-2/h9-10,12H,3-8,13H2,1-2H3. The average Bonchev–Trinajstić information content (AvgIpc) is 2.66. The van der Waals surface area contributed by atoms with Crippen LogP contribution in [0.4, 0.5) is 0 Å². The summed E-state index contributed by atoms with van der Waals surface area (Å²) >= 11 is 0. The van der Waals surface area contributed by atoms with E-state index in [4.69, 9.17) is 5.73 Å². The van der Waals surface area contributed by atoms with Gasteiger partial charge in [0.15, 0.2) is 0 Å². The fraction of sp³-hybridized carbons (Fsp3) is 0.750. The quantitative estimate of drug-likeness (QED) is 0.701. The number of hydrogen-bond acceptors (Lipinski definition) is 2. The molecule has 0 amide bonds. The summed E-state index contributed by atoms with van der Waals surface area (Å²) in [7, 11) is 0. The highest BCUT2D eigenvalue weighted by molar-refractivity contribution is 5.05. The van der Waals surface area contributed by atoms with Crippen LogP contribution in [0.15, 0.2) is 12.4 Å². The second kappa shape index (κ2) is 6.62. The van der Waals surface area contributed by atoms with Crippen molar-refractivity contribution in [2.75, 3.05) is 0 Å². The molecule has 1 atom stereocenters. The molecule has 1 rings (SSSR count). The molecule has 3 nitrogen and oxygen atoms in total. The van der Waals surface area contributed by atoms with E-state index in [1.54, 1.807) is 0 Å². The Morgan fingerprint density at radius 1 is 1.40 bits per heavy atom. The Morgan fingerprint density at radius 2 is 2.20 bits per heavy atom. The van der Waals surface area contributed by atoms with Crippen molar-refractivity contribution in [1.82, 2.24) is 9.78 Å². The Bertz CT molecular complexity index is 268. The monoisotopic (exact) mass is 209 g/mol. The first-order chi connectivity index (χ1) is 7.26. The second-order valence-electron chi connectivity index (χ2n) is 4.19. The van der Waals surface area contributed by atoms with Gasteiger partial charge in [-0.3, -0.25) is 4.68 Å². The van der Waals surface area contributed by atoms with Crippen molar-refractivity contribution in [3.63, 3.8) is 0 Å². The first-order valence-electron chi connectivity index (χ1n) is 6.03. The fourth-order valence-electron chi connectivity index (χ4n) is 1.60. The topological polar surface area (TPSA) is 43.8 Å². The van der Waals surface area contributed by atoms with Gasteiger partial charge in [0.25, 0.3) is 0 Å². The highest BCUT2D eigenvalue weighted by Gasteiger charge is 2.03. The highest BCUT2D eigenvalue weighted by atomic mass is 15.3. The van der Waals surface area contributed by atoms with E-state index in [9.17, 15) is 0 Å². The van der Waals surface area contributed by atoms with Crippen molar-refractivity contribution >= 4 is 0 Å². The first-order valence-corrected chi connectivity index (χ1v) is 6.03. The van der Waals surface area contributed by atoms with Crippen LogP contribution < -0.4 is 5.73 Å². The van der Waals surface area contributed by atoms with Crippen LogP contribution in [0.5, 0.6) is 0 Å². The van der Waals surface area contributed by atoms with E-state index in [2.05, 4.69) is 25.1 Å². The summed E-state index contributed by atoms with van der Waals surface area (Å²) in [5, 5.41) is 4.34. The molecule has 1 aromatic heterocycles. The predicted octanol–water partition coefficient (Wildman–Crippen LogP) is 2.35. The van der Waals surface area contributed by atoms with Gasteiger partial charge in [-0.1, -0.05) is 26.7 Å². The van der Waals surface area contributed by atoms with Gasteiger partial charge >= 0.3 is 0 Å². The van der Waals surface area contributed by atoms with Crippen LogP contribution in [-0.2, 0) is 13.0 Å². The van der Waals surface area contributed by atoms with Gasteiger partial charge in [0.2, 0.25) is 0 Å². The van der Waals surface area contributed by atoms with Crippen molar-refractivity contribution in [3.05, 3.63) is 18.0 Å². The molecule has 0 aliphatic heterocycles. The van der Waals surface area contributed by atoms with Crippen LogP contribution in [0.1, 0.15) is 45.1 Å². The van der Waals surface area contributed by atoms with Gasteiger partial charge in [-0.15, -0.1) is 0 Å². The van der Waals surface area contributed by atoms with Crippen molar-refractivity contribution < 1.29 is 0 Å². The molecule has 0 aromatic carbocycles. The fourth-order valence-corrected chi connectivity index (χ4v) is 1.60. The Labute approximate surface area is 92.7 Å². The molecule has 1 heterocycles. The average molecular weight is 209 g/mol. The predicted molar refractivity (Wildman–Crippen MR) is 63.7 cm³/mol. The minimum absolute atomic E-state index is 0.276. The summed E-state index contributed by atoms with van der Waals surface area (Å²) in [5.41, 5.74) is 7.16. The van der Waals surface area contributed by atoms with Crippen LogP contribution in [0.2, 0.25) is 0 Å². The Morgan fingerprint density at radius 3 is 2.87 bits per heavy atom. The molecule has 0 radical (unpaired) electrons. The van der Waals surface area contributed by atoms with E-state index in [1.807, 2.05) is 10.9 Å². The van der Waals surface area contributed by atoms with Crippen LogP contribution in [-0.4, -0.2) is 15.8 Å². The molecule has 86 valence electrons. The zero-order chi connectivity index (χ0) is 11.1. The van der Waals surface area contributed by atoms with Crippen LogP contribution >= 0.6 is 0 Å². The number of aromatic nitrogens is 2. The number of aryl methyl sites for hydroxylation is 1. The van der Waals surface area contributed by atoms with Crippen molar-refractivity contribution in [1.29, 1.82) is 0 Å². The molecule has 0 bridgehead atoms. The molecular weight excluding hydrogens is 186 g/mol. The maximum Gasteiger partial charge on any atom is 0.0522 e. The second-order valence-corrected chi connectivity index (χ2v) is 4.19. The highest BCUT2D eigenvalue weighted by Crippen LogP contribution is 2.05. The molecule has 3 heteroatoms. The van der Waals surface area contributed by atoms with Gasteiger partial charge in [-0.2, -0.15) is 5.10 Å². The lowest BCUT2D eigenvalue weighted by Gasteiger charge is -2.05. The largest absolute Gasteiger partial charge is 0.327 e. The first kappa shape index (κ1) is 12.2. The molecule has 0 spiro atoms. The molecule has 0 aliphatic rings. The minimum atomic E-state index is 0.276. The van der Waals surface area contributed by atoms with Crippen LogP contribution in [0, 0.1) is 0 Å². The van der Waals surface area contributed by atoms with E-state index in [0.717, 1.165) is 19.4 Å². The van der Waals surface area contributed by atoms with E-state index < -0.39 is 0 Å². The van der Waals surface area contributed by atoms with Gasteiger partial charge in [-0.25, -0.2) is 0 Å². The third-order valence-corrected chi connectivity index (χ3v) is 2.70. The minimum Gasteiger partial charge on any atom is -0.327 e. The van der Waals surface area contributed by atoms with Crippen LogP contribution in [0.3, 0.4) is 0 Å². The molecule has 0 saturated heterocycles. The number of unbranched alkanes of at least 4 members (excludes halogenated alkanes) is 2. The number of hydrogen-bond donors (Lipinski definition) is 1. The van der Waals surface area contributed by atoms with Crippen molar-refractivity contribution in [2.45, 2.75) is 58.5 Å². The SMILES string of the molecule is CCCCCn1cc(CC(N)CC)cn1. The number of nitrogens with zero attached hydrogens (tertiary/aromatic N) is 2. The summed E-state index contributed by atoms with van der Waals surface area (Å²) < 4.78 is 2.04. The van der Waals surface area contributed by atoms with E-state index in [-0.39, 0.29) is 6.04 Å². The Kier molecular flexibility index (Phi) is 5.40. The normalized spacial score (nSPS) is 13.0.